The van der Waals surface area contributed by atoms with Crippen LogP contribution in [-0.2, 0) is 6.54 Å². The second-order valence-corrected chi connectivity index (χ2v) is 7.44. The number of para-hydroxylation sites is 1. The van der Waals surface area contributed by atoms with Crippen molar-refractivity contribution in [3.63, 3.8) is 0 Å². The molecule has 2 rings (SSSR count). The van der Waals surface area contributed by atoms with Crippen LogP contribution >= 0.6 is 11.8 Å². The van der Waals surface area contributed by atoms with Crippen molar-refractivity contribution in [2.45, 2.75) is 38.3 Å². The first-order chi connectivity index (χ1) is 11.8. The molecule has 1 aromatic carbocycles. The molecule has 2 N–H and O–H groups in total. The Morgan fingerprint density at radius 2 is 2.04 bits per heavy atom. The van der Waals surface area contributed by atoms with Crippen LogP contribution in [0.1, 0.15) is 31.2 Å². The molecule has 1 unspecified atom stereocenters. The summed E-state index contributed by atoms with van der Waals surface area (Å²) in [4.78, 5) is 2.34. The normalized spacial score (nSPS) is 16.9. The molecule has 1 saturated heterocycles. The van der Waals surface area contributed by atoms with Gasteiger partial charge in [0.1, 0.15) is 18.5 Å². The van der Waals surface area contributed by atoms with E-state index in [0.717, 1.165) is 44.0 Å². The number of ether oxygens (including phenoxy) is 1. The number of benzene rings is 1. The molecule has 0 aliphatic carbocycles. The van der Waals surface area contributed by atoms with E-state index in [-0.39, 0.29) is 0 Å². The highest BCUT2D eigenvalue weighted by atomic mass is 32.2. The molecule has 1 aliphatic rings. The number of aliphatic hydroxyl groups is 1. The summed E-state index contributed by atoms with van der Waals surface area (Å²) in [5.74, 6) is 2.07. The zero-order valence-corrected chi connectivity index (χ0v) is 15.7. The van der Waals surface area contributed by atoms with E-state index in [1.807, 2.05) is 30.0 Å². The standard InChI is InChI=1S/C19H32N2O2S/c1-24-13-7-10-20-14-17-8-3-4-9-19(17)23-16-18(22)15-21-11-5-2-6-12-21/h3-4,8-9,18,20,22H,2,5-7,10-16H2,1H3. The van der Waals surface area contributed by atoms with E-state index in [2.05, 4.69) is 22.5 Å². The van der Waals surface area contributed by atoms with Crippen molar-refractivity contribution in [3.05, 3.63) is 29.8 Å². The van der Waals surface area contributed by atoms with Crippen molar-refractivity contribution < 1.29 is 9.84 Å². The molecule has 136 valence electrons. The topological polar surface area (TPSA) is 44.7 Å². The predicted molar refractivity (Wildman–Crippen MR) is 103 cm³/mol. The Bertz CT molecular complexity index is 453. The van der Waals surface area contributed by atoms with Crippen LogP contribution in [0.3, 0.4) is 0 Å². The minimum absolute atomic E-state index is 0.361. The summed E-state index contributed by atoms with van der Waals surface area (Å²) < 4.78 is 5.90. The van der Waals surface area contributed by atoms with Crippen LogP contribution in [0.5, 0.6) is 5.75 Å². The zero-order valence-electron chi connectivity index (χ0n) is 14.9. The molecule has 0 amide bonds. The molecule has 1 aromatic rings. The third-order valence-electron chi connectivity index (χ3n) is 4.34. The second-order valence-electron chi connectivity index (χ2n) is 6.46. The number of nitrogens with zero attached hydrogens (tertiary/aromatic N) is 1. The van der Waals surface area contributed by atoms with Gasteiger partial charge in [0.15, 0.2) is 0 Å². The third kappa shape index (κ3) is 7.43. The van der Waals surface area contributed by atoms with Crippen LogP contribution in [0.25, 0.3) is 0 Å². The van der Waals surface area contributed by atoms with E-state index in [4.69, 9.17) is 4.74 Å². The fraction of sp³-hybridized carbons (Fsp3) is 0.684. The number of likely N-dealkylation sites (tertiary alicyclic amines) is 1. The largest absolute Gasteiger partial charge is 0.491 e. The van der Waals surface area contributed by atoms with Crippen molar-refractivity contribution in [3.8, 4) is 5.75 Å². The number of aliphatic hydroxyl groups excluding tert-OH is 1. The third-order valence-corrected chi connectivity index (χ3v) is 5.04. The Labute approximate surface area is 151 Å². The highest BCUT2D eigenvalue weighted by Crippen LogP contribution is 2.18. The van der Waals surface area contributed by atoms with Gasteiger partial charge in [-0.05, 0) is 57.0 Å². The Morgan fingerprint density at radius 1 is 1.25 bits per heavy atom. The Balaban J connectivity index is 1.72. The number of nitrogens with one attached hydrogen (secondary N) is 1. The van der Waals surface area contributed by atoms with Gasteiger partial charge in [0.25, 0.3) is 0 Å². The summed E-state index contributed by atoms with van der Waals surface area (Å²) in [6, 6.07) is 8.11. The van der Waals surface area contributed by atoms with Crippen LogP contribution in [-0.4, -0.2) is 60.9 Å². The summed E-state index contributed by atoms with van der Waals surface area (Å²) in [5.41, 5.74) is 1.16. The van der Waals surface area contributed by atoms with Gasteiger partial charge in [0.05, 0.1) is 0 Å². The van der Waals surface area contributed by atoms with Crippen LogP contribution in [0.4, 0.5) is 0 Å². The zero-order chi connectivity index (χ0) is 17.0. The van der Waals surface area contributed by atoms with Crippen LogP contribution < -0.4 is 10.1 Å². The molecular formula is C19H32N2O2S. The maximum atomic E-state index is 10.2. The lowest BCUT2D eigenvalue weighted by molar-refractivity contribution is 0.0614. The van der Waals surface area contributed by atoms with Gasteiger partial charge >= 0.3 is 0 Å². The van der Waals surface area contributed by atoms with E-state index in [1.165, 1.54) is 31.4 Å². The summed E-state index contributed by atoms with van der Waals surface area (Å²) in [6.07, 6.45) is 6.71. The fourth-order valence-corrected chi connectivity index (χ4v) is 3.47. The van der Waals surface area contributed by atoms with Gasteiger partial charge in [-0.3, -0.25) is 0 Å². The molecule has 0 saturated carbocycles. The lowest BCUT2D eigenvalue weighted by atomic mass is 10.1. The minimum atomic E-state index is -0.425. The van der Waals surface area contributed by atoms with E-state index < -0.39 is 6.10 Å². The average Bonchev–Trinajstić information content (AvgIpc) is 2.61. The first kappa shape index (κ1) is 19.6. The summed E-state index contributed by atoms with van der Waals surface area (Å²) in [5, 5.41) is 13.7. The number of rotatable bonds is 11. The second kappa shape index (κ2) is 11.7. The van der Waals surface area contributed by atoms with Crippen LogP contribution in [0, 0.1) is 0 Å². The van der Waals surface area contributed by atoms with Crippen molar-refractivity contribution in [2.75, 3.05) is 44.8 Å². The van der Waals surface area contributed by atoms with Crippen molar-refractivity contribution >= 4 is 11.8 Å². The molecule has 1 atom stereocenters. The maximum absolute atomic E-state index is 10.2. The van der Waals surface area contributed by atoms with E-state index in [0.29, 0.717) is 6.61 Å². The number of β-amino-alcohol motifs (C(OH)–C–C–N with tert-alkyl or cyclic N) is 1. The van der Waals surface area contributed by atoms with Crippen LogP contribution in [0.2, 0.25) is 0 Å². The van der Waals surface area contributed by atoms with Crippen molar-refractivity contribution in [1.29, 1.82) is 0 Å². The predicted octanol–water partition coefficient (Wildman–Crippen LogP) is 2.75. The first-order valence-corrected chi connectivity index (χ1v) is 10.5. The van der Waals surface area contributed by atoms with Crippen LogP contribution in [0.15, 0.2) is 24.3 Å². The molecule has 1 fully saturated rings. The molecule has 5 heteroatoms. The maximum Gasteiger partial charge on any atom is 0.123 e. The molecule has 0 radical (unpaired) electrons. The molecular weight excluding hydrogens is 320 g/mol. The summed E-state index contributed by atoms with van der Waals surface area (Å²) in [7, 11) is 0. The molecule has 0 bridgehead atoms. The SMILES string of the molecule is CSCCCNCc1ccccc1OCC(O)CN1CCCCC1. The summed E-state index contributed by atoms with van der Waals surface area (Å²) >= 11 is 1.88. The van der Waals surface area contributed by atoms with Gasteiger partial charge in [-0.1, -0.05) is 24.6 Å². The Kier molecular flexibility index (Phi) is 9.58. The molecule has 4 nitrogen and oxygen atoms in total. The van der Waals surface area contributed by atoms with Gasteiger partial charge < -0.3 is 20.1 Å². The van der Waals surface area contributed by atoms with Crippen molar-refractivity contribution in [1.82, 2.24) is 10.2 Å². The monoisotopic (exact) mass is 352 g/mol. The molecule has 1 heterocycles. The Hall–Kier alpha value is -0.750. The quantitative estimate of drug-likeness (QED) is 0.600. The number of hydrogen-bond acceptors (Lipinski definition) is 5. The minimum Gasteiger partial charge on any atom is -0.491 e. The number of hydrogen-bond donors (Lipinski definition) is 2. The average molecular weight is 353 g/mol. The highest BCUT2D eigenvalue weighted by Gasteiger charge is 2.15. The molecule has 0 spiro atoms. The van der Waals surface area contributed by atoms with E-state index >= 15 is 0 Å². The molecule has 0 aromatic heterocycles. The lowest BCUT2D eigenvalue weighted by Gasteiger charge is -2.28. The van der Waals surface area contributed by atoms with Gasteiger partial charge in [0, 0.05) is 18.7 Å². The summed E-state index contributed by atoms with van der Waals surface area (Å²) in [6.45, 7) is 5.12. The lowest BCUT2D eigenvalue weighted by Crippen LogP contribution is -2.38. The highest BCUT2D eigenvalue weighted by molar-refractivity contribution is 7.98. The number of piperidine rings is 1. The smallest absolute Gasteiger partial charge is 0.123 e. The van der Waals surface area contributed by atoms with Gasteiger partial charge in [-0.25, -0.2) is 0 Å². The van der Waals surface area contributed by atoms with E-state index in [1.54, 1.807) is 0 Å². The fourth-order valence-electron chi connectivity index (χ4n) is 3.03. The van der Waals surface area contributed by atoms with Gasteiger partial charge in [-0.15, -0.1) is 0 Å². The molecule has 24 heavy (non-hydrogen) atoms. The first-order valence-electron chi connectivity index (χ1n) is 9.10. The van der Waals surface area contributed by atoms with E-state index in [9.17, 15) is 5.11 Å². The number of thioether (sulfide) groups is 1. The molecule has 1 aliphatic heterocycles. The van der Waals surface area contributed by atoms with Gasteiger partial charge in [-0.2, -0.15) is 11.8 Å². The Morgan fingerprint density at radius 3 is 2.83 bits per heavy atom. The van der Waals surface area contributed by atoms with Gasteiger partial charge in [0.2, 0.25) is 0 Å². The van der Waals surface area contributed by atoms with Crippen molar-refractivity contribution in [2.24, 2.45) is 0 Å².